The molecule has 2 aromatic rings. The van der Waals surface area contributed by atoms with Crippen molar-refractivity contribution in [3.63, 3.8) is 0 Å². The second kappa shape index (κ2) is 6.81. The molecule has 0 fully saturated rings. The van der Waals surface area contributed by atoms with Gasteiger partial charge < -0.3 is 5.73 Å². The summed E-state index contributed by atoms with van der Waals surface area (Å²) in [5.41, 5.74) is 5.61. The summed E-state index contributed by atoms with van der Waals surface area (Å²) in [5.74, 6) is -0.567. The molecule has 0 aromatic heterocycles. The molecule has 0 saturated carbocycles. The van der Waals surface area contributed by atoms with Crippen molar-refractivity contribution < 1.29 is 13.2 Å². The van der Waals surface area contributed by atoms with Gasteiger partial charge in [0, 0.05) is 18.0 Å². The fraction of sp³-hybridized carbons (Fsp3) is 0.133. The van der Waals surface area contributed by atoms with Gasteiger partial charge in [-0.25, -0.2) is 8.42 Å². The van der Waals surface area contributed by atoms with Crippen LogP contribution in [0.15, 0.2) is 59.5 Å². The largest absolute Gasteiger partial charge is 0.370 e. The van der Waals surface area contributed by atoms with Gasteiger partial charge in [-0.1, -0.05) is 35.9 Å². The van der Waals surface area contributed by atoms with Gasteiger partial charge >= 0.3 is 0 Å². The van der Waals surface area contributed by atoms with E-state index < -0.39 is 15.9 Å². The molecule has 0 atom stereocenters. The third-order valence-corrected chi connectivity index (χ3v) is 5.05. The van der Waals surface area contributed by atoms with Crippen LogP contribution in [0.5, 0.6) is 0 Å². The van der Waals surface area contributed by atoms with Crippen molar-refractivity contribution in [1.82, 2.24) is 0 Å². The summed E-state index contributed by atoms with van der Waals surface area (Å²) in [6.07, 6.45) is -0.0747. The number of hydrogen-bond acceptors (Lipinski definition) is 3. The molecule has 116 valence electrons. The maximum atomic E-state index is 12.8. The van der Waals surface area contributed by atoms with Gasteiger partial charge in [-0.15, -0.1) is 0 Å². The zero-order chi connectivity index (χ0) is 16.2. The highest BCUT2D eigenvalue weighted by Crippen LogP contribution is 2.25. The van der Waals surface area contributed by atoms with Crippen molar-refractivity contribution in [3.8, 4) is 0 Å². The molecule has 5 nitrogen and oxygen atoms in total. The lowest BCUT2D eigenvalue weighted by molar-refractivity contribution is -0.117. The standard InChI is InChI=1S/C15H15ClN2O3S/c16-12-5-4-8-14(11-12)22(20,21)18(10-9-15(17)19)13-6-2-1-3-7-13/h1-8,11H,9-10H2,(H2,17,19). The van der Waals surface area contributed by atoms with E-state index in [4.69, 9.17) is 17.3 Å². The average Bonchev–Trinajstić information content (AvgIpc) is 2.48. The number of benzene rings is 2. The lowest BCUT2D eigenvalue weighted by Crippen LogP contribution is -2.34. The van der Waals surface area contributed by atoms with Gasteiger partial charge in [0.25, 0.3) is 10.0 Å². The van der Waals surface area contributed by atoms with Gasteiger partial charge in [0.15, 0.2) is 0 Å². The highest BCUT2D eigenvalue weighted by Gasteiger charge is 2.25. The molecule has 0 aliphatic rings. The zero-order valence-electron chi connectivity index (χ0n) is 11.6. The van der Waals surface area contributed by atoms with Crippen molar-refractivity contribution in [2.45, 2.75) is 11.3 Å². The average molecular weight is 339 g/mol. The number of nitrogens with two attached hydrogens (primary N) is 1. The van der Waals surface area contributed by atoms with Gasteiger partial charge in [0.1, 0.15) is 0 Å². The van der Waals surface area contributed by atoms with Gasteiger partial charge in [-0.05, 0) is 30.3 Å². The molecule has 22 heavy (non-hydrogen) atoms. The van der Waals surface area contributed by atoms with E-state index in [9.17, 15) is 13.2 Å². The summed E-state index contributed by atoms with van der Waals surface area (Å²) in [4.78, 5) is 11.1. The highest BCUT2D eigenvalue weighted by molar-refractivity contribution is 7.92. The van der Waals surface area contributed by atoms with Gasteiger partial charge in [-0.3, -0.25) is 9.10 Å². The number of sulfonamides is 1. The third kappa shape index (κ3) is 3.78. The number of amides is 1. The summed E-state index contributed by atoms with van der Waals surface area (Å²) in [7, 11) is -3.83. The van der Waals surface area contributed by atoms with Crippen LogP contribution in [0.25, 0.3) is 0 Å². The highest BCUT2D eigenvalue weighted by atomic mass is 35.5. The second-order valence-corrected chi connectivity index (χ2v) is 6.89. The van der Waals surface area contributed by atoms with Crippen LogP contribution >= 0.6 is 11.6 Å². The quantitative estimate of drug-likeness (QED) is 0.878. The van der Waals surface area contributed by atoms with Crippen LogP contribution in [0.1, 0.15) is 6.42 Å². The summed E-state index contributed by atoms with van der Waals surface area (Å²) >= 11 is 5.87. The van der Waals surface area contributed by atoms with Crippen LogP contribution in [0.4, 0.5) is 5.69 Å². The zero-order valence-corrected chi connectivity index (χ0v) is 13.2. The Morgan fingerprint density at radius 2 is 1.77 bits per heavy atom. The molecule has 0 bridgehead atoms. The van der Waals surface area contributed by atoms with Gasteiger partial charge in [-0.2, -0.15) is 0 Å². The van der Waals surface area contributed by atoms with Crippen LogP contribution in [-0.4, -0.2) is 20.9 Å². The van der Waals surface area contributed by atoms with Crippen LogP contribution in [0.2, 0.25) is 5.02 Å². The Bertz CT molecular complexity index is 763. The van der Waals surface area contributed by atoms with E-state index in [2.05, 4.69) is 0 Å². The first kappa shape index (κ1) is 16.3. The lowest BCUT2D eigenvalue weighted by Gasteiger charge is -2.24. The first-order valence-electron chi connectivity index (χ1n) is 6.53. The van der Waals surface area contributed by atoms with Crippen molar-refractivity contribution >= 4 is 33.2 Å². The fourth-order valence-electron chi connectivity index (χ4n) is 1.95. The summed E-state index contributed by atoms with van der Waals surface area (Å²) in [5, 5.41) is 0.323. The number of rotatable bonds is 6. The number of carbonyl (C=O) groups excluding carboxylic acids is 1. The van der Waals surface area contributed by atoms with E-state index in [0.717, 1.165) is 4.31 Å². The Hall–Kier alpha value is -2.05. The molecule has 0 aliphatic carbocycles. The minimum Gasteiger partial charge on any atom is -0.370 e. The van der Waals surface area contributed by atoms with E-state index >= 15 is 0 Å². The van der Waals surface area contributed by atoms with Crippen molar-refractivity contribution in [3.05, 3.63) is 59.6 Å². The van der Waals surface area contributed by atoms with Crippen LogP contribution in [0.3, 0.4) is 0 Å². The maximum Gasteiger partial charge on any atom is 0.264 e. The second-order valence-electron chi connectivity index (χ2n) is 4.59. The molecular formula is C15H15ClN2O3S. The number of nitrogens with zero attached hydrogens (tertiary/aromatic N) is 1. The Balaban J connectivity index is 2.45. The molecule has 0 unspecified atom stereocenters. The van der Waals surface area contributed by atoms with Crippen molar-refractivity contribution in [2.24, 2.45) is 5.73 Å². The normalized spacial score (nSPS) is 11.1. The van der Waals surface area contributed by atoms with E-state index in [0.29, 0.717) is 10.7 Å². The monoisotopic (exact) mass is 338 g/mol. The first-order valence-corrected chi connectivity index (χ1v) is 8.35. The minimum atomic E-state index is -3.83. The Morgan fingerprint density at radius 3 is 2.36 bits per heavy atom. The molecule has 0 spiro atoms. The summed E-state index contributed by atoms with van der Waals surface area (Å²) < 4.78 is 26.8. The third-order valence-electron chi connectivity index (χ3n) is 2.99. The predicted molar refractivity (Wildman–Crippen MR) is 86.2 cm³/mol. The maximum absolute atomic E-state index is 12.8. The molecule has 2 N–H and O–H groups in total. The van der Waals surface area contributed by atoms with Crippen LogP contribution in [0, 0.1) is 0 Å². The lowest BCUT2D eigenvalue weighted by atomic mass is 10.3. The number of carbonyl (C=O) groups is 1. The fourth-order valence-corrected chi connectivity index (χ4v) is 3.72. The molecule has 0 aliphatic heterocycles. The number of halogens is 1. The molecule has 0 saturated heterocycles. The van der Waals surface area contributed by atoms with Crippen LogP contribution < -0.4 is 10.0 Å². The SMILES string of the molecule is NC(=O)CCN(c1ccccc1)S(=O)(=O)c1cccc(Cl)c1. The number of primary amides is 1. The molecule has 2 aromatic carbocycles. The smallest absolute Gasteiger partial charge is 0.264 e. The van der Waals surface area contributed by atoms with Crippen LogP contribution in [-0.2, 0) is 14.8 Å². The van der Waals surface area contributed by atoms with Crippen molar-refractivity contribution in [1.29, 1.82) is 0 Å². The van der Waals surface area contributed by atoms with E-state index in [1.54, 1.807) is 42.5 Å². The number of para-hydroxylation sites is 1. The Labute approximate surface area is 134 Å². The molecule has 2 rings (SSSR count). The topological polar surface area (TPSA) is 80.5 Å². The van der Waals surface area contributed by atoms with Gasteiger partial charge in [0.2, 0.25) is 5.91 Å². The number of hydrogen-bond donors (Lipinski definition) is 1. The molecule has 1 amide bonds. The van der Waals surface area contributed by atoms with E-state index in [1.165, 1.54) is 12.1 Å². The molecule has 0 radical (unpaired) electrons. The molecule has 7 heteroatoms. The van der Waals surface area contributed by atoms with E-state index in [-0.39, 0.29) is 17.9 Å². The minimum absolute atomic E-state index is 0.0335. The summed E-state index contributed by atoms with van der Waals surface area (Å²) in [6, 6.07) is 14.5. The molecular weight excluding hydrogens is 324 g/mol. The predicted octanol–water partition coefficient (Wildman–Crippen LogP) is 2.41. The Kier molecular flexibility index (Phi) is 5.05. The Morgan fingerprint density at radius 1 is 1.09 bits per heavy atom. The van der Waals surface area contributed by atoms with E-state index in [1.807, 2.05) is 0 Å². The molecule has 0 heterocycles. The summed E-state index contributed by atoms with van der Waals surface area (Å²) in [6.45, 7) is -0.0335. The van der Waals surface area contributed by atoms with Gasteiger partial charge in [0.05, 0.1) is 10.6 Å². The van der Waals surface area contributed by atoms with Crippen molar-refractivity contribution in [2.75, 3.05) is 10.8 Å². The number of anilines is 1. The first-order chi connectivity index (χ1) is 10.4.